The molecule has 0 aliphatic heterocycles. The van der Waals surface area contributed by atoms with E-state index >= 15 is 0 Å². The van der Waals surface area contributed by atoms with Crippen molar-refractivity contribution in [3.05, 3.63) is 107 Å². The van der Waals surface area contributed by atoms with Crippen molar-refractivity contribution in [3.8, 4) is 22.3 Å². The second-order valence-corrected chi connectivity index (χ2v) is 9.64. The smallest absolute Gasteiger partial charge is 0.196 e. The molecule has 4 aromatic carbocycles. The largest absolute Gasteiger partial charge is 0.378 e. The van der Waals surface area contributed by atoms with Gasteiger partial charge in [0.25, 0.3) is 0 Å². The lowest BCUT2D eigenvalue weighted by atomic mass is 9.79. The van der Waals surface area contributed by atoms with Crippen molar-refractivity contribution in [2.75, 3.05) is 24.3 Å². The second kappa shape index (κ2) is 8.35. The molecule has 0 bridgehead atoms. The molecule has 1 aliphatic carbocycles. The fraction of sp³-hybridized carbons (Fsp3) is 0.125. The number of ketones is 1. The Labute approximate surface area is 211 Å². The van der Waals surface area contributed by atoms with E-state index in [0.29, 0.717) is 5.56 Å². The van der Waals surface area contributed by atoms with E-state index in [4.69, 9.17) is 4.98 Å². The van der Waals surface area contributed by atoms with Crippen LogP contribution in [0.1, 0.15) is 27.2 Å². The molecule has 5 aromatic rings. The molecule has 4 heteroatoms. The van der Waals surface area contributed by atoms with Crippen LogP contribution < -0.4 is 10.2 Å². The maximum absolute atomic E-state index is 13.9. The Hall–Kier alpha value is -4.44. The van der Waals surface area contributed by atoms with Crippen LogP contribution in [-0.4, -0.2) is 24.9 Å². The number of rotatable bonds is 4. The molecule has 0 atom stereocenters. The van der Waals surface area contributed by atoms with Crippen LogP contribution in [0.4, 0.5) is 17.1 Å². The van der Waals surface area contributed by atoms with Gasteiger partial charge in [-0.2, -0.15) is 0 Å². The molecule has 36 heavy (non-hydrogen) atoms. The summed E-state index contributed by atoms with van der Waals surface area (Å²) < 4.78 is 0. The summed E-state index contributed by atoms with van der Waals surface area (Å²) in [6, 6.07) is 28.7. The molecule has 1 aromatic heterocycles. The third-order valence-electron chi connectivity index (χ3n) is 7.00. The number of fused-ring (bicyclic) bond motifs is 2. The van der Waals surface area contributed by atoms with Gasteiger partial charge in [-0.3, -0.25) is 9.78 Å². The lowest BCUT2D eigenvalue weighted by Crippen LogP contribution is -2.14. The number of nitrogens with zero attached hydrogens (tertiary/aromatic N) is 2. The van der Waals surface area contributed by atoms with Crippen molar-refractivity contribution in [3.63, 3.8) is 0 Å². The Balaban J connectivity index is 1.66. The van der Waals surface area contributed by atoms with Gasteiger partial charge in [0, 0.05) is 53.2 Å². The topological polar surface area (TPSA) is 45.2 Å². The molecule has 0 fully saturated rings. The molecular weight excluding hydrogens is 442 g/mol. The predicted molar refractivity (Wildman–Crippen MR) is 150 cm³/mol. The highest BCUT2D eigenvalue weighted by atomic mass is 16.1. The third kappa shape index (κ3) is 3.45. The molecule has 0 spiro atoms. The normalized spacial score (nSPS) is 11.9. The minimum atomic E-state index is 0.0258. The van der Waals surface area contributed by atoms with Crippen molar-refractivity contribution in [2.45, 2.75) is 13.8 Å². The summed E-state index contributed by atoms with van der Waals surface area (Å²) in [5.74, 6) is 0.0258. The Morgan fingerprint density at radius 1 is 0.722 bits per heavy atom. The summed E-state index contributed by atoms with van der Waals surface area (Å²) in [5.41, 5.74) is 11.5. The molecule has 176 valence electrons. The van der Waals surface area contributed by atoms with Gasteiger partial charge < -0.3 is 10.2 Å². The van der Waals surface area contributed by atoms with Crippen LogP contribution in [0, 0.1) is 13.8 Å². The molecule has 4 nitrogen and oxygen atoms in total. The first-order valence-corrected chi connectivity index (χ1v) is 12.2. The first-order valence-electron chi connectivity index (χ1n) is 12.2. The Bertz CT molecular complexity index is 1650. The van der Waals surface area contributed by atoms with Gasteiger partial charge in [-0.15, -0.1) is 0 Å². The summed E-state index contributed by atoms with van der Waals surface area (Å²) >= 11 is 0. The summed E-state index contributed by atoms with van der Waals surface area (Å²) in [7, 11) is 4.08. The SMILES string of the molecule is Cc1ccc(Nc2ccc3nc(C)c(-c4ccc(N(C)C)cc4)c4c3c2C(=O)c2ccccc2-4)cc1. The molecule has 6 rings (SSSR count). The monoisotopic (exact) mass is 469 g/mol. The van der Waals surface area contributed by atoms with Gasteiger partial charge in [-0.25, -0.2) is 0 Å². The van der Waals surface area contributed by atoms with Crippen LogP contribution in [0.5, 0.6) is 0 Å². The molecule has 1 heterocycles. The van der Waals surface area contributed by atoms with Crippen molar-refractivity contribution in [2.24, 2.45) is 0 Å². The van der Waals surface area contributed by atoms with Crippen molar-refractivity contribution in [1.82, 2.24) is 4.98 Å². The standard InChI is InChI=1S/C32H27N3O/c1-19-9-13-22(14-10-19)34-27-18-17-26-30-29(24-7-5-6-8-25(24)32(36)31(27)30)28(20(2)33-26)21-11-15-23(16-12-21)35(3)4/h5-18,34H,1-4H3. The van der Waals surface area contributed by atoms with Gasteiger partial charge in [0.1, 0.15) is 0 Å². The number of benzene rings is 4. The number of carbonyl (C=O) groups is 1. The van der Waals surface area contributed by atoms with E-state index in [-0.39, 0.29) is 5.78 Å². The van der Waals surface area contributed by atoms with E-state index in [0.717, 1.165) is 61.5 Å². The number of nitrogens with one attached hydrogen (secondary N) is 1. The summed E-state index contributed by atoms with van der Waals surface area (Å²) in [6.07, 6.45) is 0. The Kier molecular flexibility index (Phi) is 5.11. The maximum atomic E-state index is 13.9. The van der Waals surface area contributed by atoms with E-state index in [9.17, 15) is 4.79 Å². The lowest BCUT2D eigenvalue weighted by Gasteiger charge is -2.26. The number of aryl methyl sites for hydroxylation is 2. The predicted octanol–water partition coefficient (Wildman–Crippen LogP) is 7.54. The zero-order valence-corrected chi connectivity index (χ0v) is 20.9. The van der Waals surface area contributed by atoms with Gasteiger partial charge in [-0.1, -0.05) is 54.1 Å². The Morgan fingerprint density at radius 2 is 1.42 bits per heavy atom. The number of carbonyl (C=O) groups excluding carboxylic acids is 1. The number of anilines is 3. The van der Waals surface area contributed by atoms with Gasteiger partial charge >= 0.3 is 0 Å². The number of hydrogen-bond donors (Lipinski definition) is 1. The van der Waals surface area contributed by atoms with Crippen LogP contribution in [0.25, 0.3) is 33.2 Å². The van der Waals surface area contributed by atoms with Crippen LogP contribution in [-0.2, 0) is 0 Å². The van der Waals surface area contributed by atoms with Crippen LogP contribution >= 0.6 is 0 Å². The summed E-state index contributed by atoms with van der Waals surface area (Å²) in [4.78, 5) is 21.0. The third-order valence-corrected chi connectivity index (χ3v) is 7.00. The number of aromatic nitrogens is 1. The maximum Gasteiger partial charge on any atom is 0.196 e. The van der Waals surface area contributed by atoms with Crippen LogP contribution in [0.3, 0.4) is 0 Å². The van der Waals surface area contributed by atoms with Crippen molar-refractivity contribution >= 4 is 33.7 Å². The lowest BCUT2D eigenvalue weighted by molar-refractivity contribution is 0.104. The van der Waals surface area contributed by atoms with Crippen LogP contribution in [0.2, 0.25) is 0 Å². The average molecular weight is 470 g/mol. The van der Waals surface area contributed by atoms with Crippen molar-refractivity contribution < 1.29 is 4.79 Å². The van der Waals surface area contributed by atoms with E-state index in [2.05, 4.69) is 66.5 Å². The van der Waals surface area contributed by atoms with E-state index in [1.54, 1.807) is 0 Å². The number of pyridine rings is 1. The average Bonchev–Trinajstić information content (AvgIpc) is 2.88. The zero-order chi connectivity index (χ0) is 25.0. The first kappa shape index (κ1) is 22.1. The first-order chi connectivity index (χ1) is 17.4. The highest BCUT2D eigenvalue weighted by molar-refractivity contribution is 6.29. The molecule has 1 aliphatic rings. The molecule has 0 saturated heterocycles. The van der Waals surface area contributed by atoms with Gasteiger partial charge in [0.15, 0.2) is 5.78 Å². The molecule has 0 amide bonds. The van der Waals surface area contributed by atoms with Gasteiger partial charge in [-0.05, 0) is 61.4 Å². The fourth-order valence-corrected chi connectivity index (χ4v) is 5.20. The molecule has 0 saturated carbocycles. The molecule has 0 radical (unpaired) electrons. The summed E-state index contributed by atoms with van der Waals surface area (Å²) in [6.45, 7) is 4.12. The van der Waals surface area contributed by atoms with E-state index in [1.807, 2.05) is 56.6 Å². The highest BCUT2D eigenvalue weighted by Crippen LogP contribution is 2.47. The van der Waals surface area contributed by atoms with E-state index < -0.39 is 0 Å². The minimum absolute atomic E-state index is 0.0258. The second-order valence-electron chi connectivity index (χ2n) is 9.64. The molecular formula is C32H27N3O. The van der Waals surface area contributed by atoms with Crippen molar-refractivity contribution in [1.29, 1.82) is 0 Å². The van der Waals surface area contributed by atoms with E-state index in [1.165, 1.54) is 5.56 Å². The fourth-order valence-electron chi connectivity index (χ4n) is 5.20. The van der Waals surface area contributed by atoms with Crippen LogP contribution in [0.15, 0.2) is 84.9 Å². The number of hydrogen-bond acceptors (Lipinski definition) is 4. The quantitative estimate of drug-likeness (QED) is 0.290. The summed E-state index contributed by atoms with van der Waals surface area (Å²) in [5, 5.41) is 4.42. The minimum Gasteiger partial charge on any atom is -0.378 e. The van der Waals surface area contributed by atoms with Gasteiger partial charge in [0.2, 0.25) is 0 Å². The Morgan fingerprint density at radius 3 is 2.11 bits per heavy atom. The highest BCUT2D eigenvalue weighted by Gasteiger charge is 2.31. The zero-order valence-electron chi connectivity index (χ0n) is 20.9. The molecule has 1 N–H and O–H groups in total. The van der Waals surface area contributed by atoms with Gasteiger partial charge in [0.05, 0.1) is 16.8 Å². The molecule has 0 unspecified atom stereocenters.